The molecule has 24 heavy (non-hydrogen) atoms. The highest BCUT2D eigenvalue weighted by Gasteiger charge is 2.18. The minimum absolute atomic E-state index is 0.0114. The van der Waals surface area contributed by atoms with E-state index >= 15 is 0 Å². The standard InChI is InChI=1S/C16H15N5O3/c1-2-20-13-6-4-3-5-12(13)18-16(20)19-15(22)10-7-8-11(17)14(9-10)21(23)24/h3-9H,2,17H2,1H3,(H,18,19,22). The fourth-order valence-corrected chi connectivity index (χ4v) is 2.51. The summed E-state index contributed by atoms with van der Waals surface area (Å²) in [6, 6.07) is 11.5. The van der Waals surface area contributed by atoms with Crippen molar-refractivity contribution >= 4 is 34.3 Å². The van der Waals surface area contributed by atoms with Crippen molar-refractivity contribution in [2.24, 2.45) is 0 Å². The van der Waals surface area contributed by atoms with Crippen LogP contribution in [-0.2, 0) is 6.54 Å². The van der Waals surface area contributed by atoms with Crippen molar-refractivity contribution in [1.82, 2.24) is 9.55 Å². The fraction of sp³-hybridized carbons (Fsp3) is 0.125. The number of amides is 1. The number of carbonyl (C=O) groups is 1. The summed E-state index contributed by atoms with van der Waals surface area (Å²) in [6.07, 6.45) is 0. The lowest BCUT2D eigenvalue weighted by atomic mass is 10.1. The number of nitrogens with zero attached hydrogens (tertiary/aromatic N) is 3. The van der Waals surface area contributed by atoms with Crippen molar-refractivity contribution < 1.29 is 9.72 Å². The highest BCUT2D eigenvalue weighted by molar-refractivity contribution is 6.04. The van der Waals surface area contributed by atoms with Gasteiger partial charge in [0.2, 0.25) is 5.95 Å². The number of nitro groups is 1. The second-order valence-corrected chi connectivity index (χ2v) is 5.15. The first kappa shape index (κ1) is 15.5. The average Bonchev–Trinajstić information content (AvgIpc) is 2.91. The number of imidazole rings is 1. The van der Waals surface area contributed by atoms with E-state index in [-0.39, 0.29) is 16.9 Å². The van der Waals surface area contributed by atoms with Crippen molar-refractivity contribution in [2.45, 2.75) is 13.5 Å². The molecule has 0 bridgehead atoms. The molecule has 0 saturated carbocycles. The van der Waals surface area contributed by atoms with Crippen molar-refractivity contribution in [1.29, 1.82) is 0 Å². The van der Waals surface area contributed by atoms with E-state index in [1.54, 1.807) is 0 Å². The number of carbonyl (C=O) groups excluding carboxylic acids is 1. The molecule has 0 fully saturated rings. The molecule has 0 aliphatic heterocycles. The number of para-hydroxylation sites is 2. The van der Waals surface area contributed by atoms with Gasteiger partial charge in [-0.05, 0) is 31.2 Å². The summed E-state index contributed by atoms with van der Waals surface area (Å²) >= 11 is 0. The predicted molar refractivity (Wildman–Crippen MR) is 90.9 cm³/mol. The maximum atomic E-state index is 12.4. The topological polar surface area (TPSA) is 116 Å². The number of nitrogen functional groups attached to an aromatic ring is 1. The maximum absolute atomic E-state index is 12.4. The van der Waals surface area contributed by atoms with Gasteiger partial charge in [0.1, 0.15) is 5.69 Å². The summed E-state index contributed by atoms with van der Waals surface area (Å²) in [7, 11) is 0. The molecule has 0 aliphatic rings. The van der Waals surface area contributed by atoms with Crippen molar-refractivity contribution in [3.05, 3.63) is 58.1 Å². The van der Waals surface area contributed by atoms with Gasteiger partial charge in [0.05, 0.1) is 16.0 Å². The molecule has 0 unspecified atom stereocenters. The zero-order valence-electron chi connectivity index (χ0n) is 12.9. The summed E-state index contributed by atoms with van der Waals surface area (Å²) in [5, 5.41) is 13.7. The Balaban J connectivity index is 1.96. The molecule has 3 aromatic rings. The molecule has 1 heterocycles. The van der Waals surface area contributed by atoms with Gasteiger partial charge in [-0.15, -0.1) is 0 Å². The SMILES string of the molecule is CCn1c(NC(=O)c2ccc(N)c([N+](=O)[O-])c2)nc2ccccc21. The summed E-state index contributed by atoms with van der Waals surface area (Å²) in [6.45, 7) is 2.57. The highest BCUT2D eigenvalue weighted by Crippen LogP contribution is 2.24. The number of fused-ring (bicyclic) bond motifs is 1. The Morgan fingerprint density at radius 1 is 1.33 bits per heavy atom. The van der Waals surface area contributed by atoms with Gasteiger partial charge in [0.25, 0.3) is 11.6 Å². The number of aromatic nitrogens is 2. The lowest BCUT2D eigenvalue weighted by Crippen LogP contribution is -2.16. The van der Waals surface area contributed by atoms with Gasteiger partial charge in [0, 0.05) is 18.2 Å². The van der Waals surface area contributed by atoms with E-state index in [1.165, 1.54) is 12.1 Å². The molecule has 122 valence electrons. The molecule has 3 N–H and O–H groups in total. The van der Waals surface area contributed by atoms with E-state index in [9.17, 15) is 14.9 Å². The molecule has 0 atom stereocenters. The molecule has 0 aliphatic carbocycles. The minimum Gasteiger partial charge on any atom is -0.393 e. The molecule has 0 saturated heterocycles. The Labute approximate surface area is 137 Å². The van der Waals surface area contributed by atoms with Crippen molar-refractivity contribution in [3.8, 4) is 0 Å². The average molecular weight is 325 g/mol. The van der Waals surface area contributed by atoms with Crippen LogP contribution in [0, 0.1) is 10.1 Å². The van der Waals surface area contributed by atoms with E-state index in [0.29, 0.717) is 12.5 Å². The van der Waals surface area contributed by atoms with Gasteiger partial charge < -0.3 is 10.3 Å². The third-order valence-electron chi connectivity index (χ3n) is 3.69. The van der Waals surface area contributed by atoms with Crippen LogP contribution >= 0.6 is 0 Å². The zero-order chi connectivity index (χ0) is 17.3. The molecule has 0 spiro atoms. The number of benzene rings is 2. The van der Waals surface area contributed by atoms with Gasteiger partial charge in [-0.3, -0.25) is 20.2 Å². The third-order valence-corrected chi connectivity index (χ3v) is 3.69. The summed E-state index contributed by atoms with van der Waals surface area (Å²) in [5.74, 6) is -0.0914. The molecule has 1 amide bonds. The first-order valence-electron chi connectivity index (χ1n) is 7.31. The largest absolute Gasteiger partial charge is 0.393 e. The van der Waals surface area contributed by atoms with Crippen LogP contribution in [0.3, 0.4) is 0 Å². The lowest BCUT2D eigenvalue weighted by molar-refractivity contribution is -0.383. The number of aryl methyl sites for hydroxylation is 1. The highest BCUT2D eigenvalue weighted by atomic mass is 16.6. The Bertz CT molecular complexity index is 948. The maximum Gasteiger partial charge on any atom is 0.292 e. The predicted octanol–water partition coefficient (Wildman–Crippen LogP) is 2.80. The van der Waals surface area contributed by atoms with Crippen LogP contribution in [-0.4, -0.2) is 20.4 Å². The third kappa shape index (κ3) is 2.65. The first-order chi connectivity index (χ1) is 11.5. The van der Waals surface area contributed by atoms with Gasteiger partial charge in [0.15, 0.2) is 0 Å². The number of nitrogens with two attached hydrogens (primary N) is 1. The number of rotatable bonds is 4. The second kappa shape index (κ2) is 5.99. The number of hydrogen-bond acceptors (Lipinski definition) is 5. The van der Waals surface area contributed by atoms with E-state index in [4.69, 9.17) is 5.73 Å². The Kier molecular flexibility index (Phi) is 3.87. The number of nitro benzene ring substituents is 1. The fourth-order valence-electron chi connectivity index (χ4n) is 2.51. The van der Waals surface area contributed by atoms with Crippen LogP contribution in [0.15, 0.2) is 42.5 Å². The normalized spacial score (nSPS) is 10.7. The van der Waals surface area contributed by atoms with Gasteiger partial charge in [-0.1, -0.05) is 12.1 Å². The monoisotopic (exact) mass is 325 g/mol. The van der Waals surface area contributed by atoms with Gasteiger partial charge in [-0.25, -0.2) is 4.98 Å². The summed E-state index contributed by atoms with van der Waals surface area (Å²) in [5.41, 5.74) is 7.07. The quantitative estimate of drug-likeness (QED) is 0.434. The Hall–Kier alpha value is -3.42. The molecule has 0 radical (unpaired) electrons. The smallest absolute Gasteiger partial charge is 0.292 e. The molecular weight excluding hydrogens is 310 g/mol. The van der Waals surface area contributed by atoms with Crippen molar-refractivity contribution in [2.75, 3.05) is 11.1 Å². The second-order valence-electron chi connectivity index (χ2n) is 5.15. The van der Waals surface area contributed by atoms with E-state index < -0.39 is 10.8 Å². The summed E-state index contributed by atoms with van der Waals surface area (Å²) < 4.78 is 1.86. The Morgan fingerprint density at radius 2 is 2.08 bits per heavy atom. The van der Waals surface area contributed by atoms with E-state index in [0.717, 1.165) is 17.1 Å². The number of anilines is 2. The molecule has 2 aromatic carbocycles. The van der Waals surface area contributed by atoms with E-state index in [2.05, 4.69) is 10.3 Å². The molecule has 8 heteroatoms. The molecule has 1 aromatic heterocycles. The molecular formula is C16H15N5O3. The van der Waals surface area contributed by atoms with Crippen LogP contribution < -0.4 is 11.1 Å². The molecule has 8 nitrogen and oxygen atoms in total. The lowest BCUT2D eigenvalue weighted by Gasteiger charge is -2.08. The van der Waals surface area contributed by atoms with Crippen LogP contribution in [0.5, 0.6) is 0 Å². The van der Waals surface area contributed by atoms with Crippen LogP contribution in [0.25, 0.3) is 11.0 Å². The summed E-state index contributed by atoms with van der Waals surface area (Å²) in [4.78, 5) is 27.1. The van der Waals surface area contributed by atoms with Crippen LogP contribution in [0.2, 0.25) is 0 Å². The zero-order valence-corrected chi connectivity index (χ0v) is 12.9. The minimum atomic E-state index is -0.618. The first-order valence-corrected chi connectivity index (χ1v) is 7.31. The van der Waals surface area contributed by atoms with Gasteiger partial charge in [-0.2, -0.15) is 0 Å². The van der Waals surface area contributed by atoms with Crippen molar-refractivity contribution in [3.63, 3.8) is 0 Å². The number of nitrogens with one attached hydrogen (secondary N) is 1. The van der Waals surface area contributed by atoms with Crippen LogP contribution in [0.4, 0.5) is 17.3 Å². The van der Waals surface area contributed by atoms with E-state index in [1.807, 2.05) is 35.8 Å². The molecule has 3 rings (SSSR count). The Morgan fingerprint density at radius 3 is 2.79 bits per heavy atom. The van der Waals surface area contributed by atoms with Crippen LogP contribution in [0.1, 0.15) is 17.3 Å². The number of hydrogen-bond donors (Lipinski definition) is 2. The van der Waals surface area contributed by atoms with Gasteiger partial charge >= 0.3 is 0 Å².